The fourth-order valence-electron chi connectivity index (χ4n) is 3.39. The van der Waals surface area contributed by atoms with Crippen molar-refractivity contribution in [1.82, 2.24) is 24.7 Å². The van der Waals surface area contributed by atoms with E-state index >= 15 is 0 Å². The molecule has 3 heterocycles. The Balaban J connectivity index is 1.65. The van der Waals surface area contributed by atoms with Crippen LogP contribution in [-0.4, -0.2) is 35.8 Å². The first-order valence-electron chi connectivity index (χ1n) is 9.32. The third-order valence-electron chi connectivity index (χ3n) is 4.76. The standard InChI is InChI=1S/C22H21N5OS/c1-4-13-27-21(16-9-11-23-12-10-16)25-26-22(27)29-15(3)20(28)19-14(2)24-18-8-6-5-7-17(18)19/h4-12,15,24H,1,13H2,2-3H3/t15-/m0/s1. The Hall–Kier alpha value is -3.19. The van der Waals surface area contributed by atoms with Crippen molar-refractivity contribution >= 4 is 28.4 Å². The quantitative estimate of drug-likeness (QED) is 0.275. The van der Waals surface area contributed by atoms with E-state index in [0.717, 1.165) is 33.5 Å². The van der Waals surface area contributed by atoms with E-state index in [0.29, 0.717) is 11.7 Å². The number of carbonyl (C=O) groups excluding carboxylic acids is 1. The van der Waals surface area contributed by atoms with Gasteiger partial charge in [0.2, 0.25) is 0 Å². The van der Waals surface area contributed by atoms with Gasteiger partial charge in [-0.2, -0.15) is 0 Å². The van der Waals surface area contributed by atoms with Crippen molar-refractivity contribution in [2.45, 2.75) is 30.8 Å². The SMILES string of the molecule is C=CCn1c(S[C@@H](C)C(=O)c2c(C)[nH]c3ccccc23)nnc1-c1ccncc1. The lowest BCUT2D eigenvalue weighted by Gasteiger charge is -2.12. The number of aromatic nitrogens is 5. The Morgan fingerprint density at radius 1 is 1.24 bits per heavy atom. The maximum Gasteiger partial charge on any atom is 0.192 e. The molecule has 29 heavy (non-hydrogen) atoms. The van der Waals surface area contributed by atoms with Crippen molar-refractivity contribution < 1.29 is 4.79 Å². The van der Waals surface area contributed by atoms with Gasteiger partial charge in [-0.25, -0.2) is 0 Å². The second kappa shape index (κ2) is 8.05. The second-order valence-corrected chi connectivity index (χ2v) is 8.04. The zero-order valence-electron chi connectivity index (χ0n) is 16.3. The van der Waals surface area contributed by atoms with E-state index in [1.807, 2.05) is 54.8 Å². The van der Waals surface area contributed by atoms with E-state index in [4.69, 9.17) is 0 Å². The van der Waals surface area contributed by atoms with Crippen LogP contribution in [0.3, 0.4) is 0 Å². The number of para-hydroxylation sites is 1. The summed E-state index contributed by atoms with van der Waals surface area (Å²) in [5.41, 5.74) is 3.52. The van der Waals surface area contributed by atoms with Crippen LogP contribution < -0.4 is 0 Å². The van der Waals surface area contributed by atoms with Crippen molar-refractivity contribution in [3.63, 3.8) is 0 Å². The minimum Gasteiger partial charge on any atom is -0.358 e. The summed E-state index contributed by atoms with van der Waals surface area (Å²) < 4.78 is 1.97. The van der Waals surface area contributed by atoms with Crippen LogP contribution in [-0.2, 0) is 6.54 Å². The number of aromatic amines is 1. The van der Waals surface area contributed by atoms with Crippen LogP contribution in [0.2, 0.25) is 0 Å². The van der Waals surface area contributed by atoms with Gasteiger partial charge >= 0.3 is 0 Å². The van der Waals surface area contributed by atoms with Crippen molar-refractivity contribution in [1.29, 1.82) is 0 Å². The Kier molecular flexibility index (Phi) is 5.31. The highest BCUT2D eigenvalue weighted by Gasteiger charge is 2.25. The molecule has 1 atom stereocenters. The highest BCUT2D eigenvalue weighted by atomic mass is 32.2. The topological polar surface area (TPSA) is 76.5 Å². The van der Waals surface area contributed by atoms with Crippen LogP contribution in [0.15, 0.2) is 66.6 Å². The Morgan fingerprint density at radius 2 is 2.00 bits per heavy atom. The molecule has 0 spiro atoms. The number of allylic oxidation sites excluding steroid dienone is 1. The maximum atomic E-state index is 13.3. The van der Waals surface area contributed by atoms with Crippen molar-refractivity contribution in [2.24, 2.45) is 0 Å². The smallest absolute Gasteiger partial charge is 0.192 e. The number of rotatable bonds is 7. The van der Waals surface area contributed by atoms with Crippen molar-refractivity contribution in [3.8, 4) is 11.4 Å². The molecule has 0 saturated heterocycles. The normalized spacial score (nSPS) is 12.2. The van der Waals surface area contributed by atoms with Crippen LogP contribution in [0.1, 0.15) is 23.0 Å². The van der Waals surface area contributed by atoms with Crippen LogP contribution in [0.5, 0.6) is 0 Å². The van der Waals surface area contributed by atoms with Crippen molar-refractivity contribution in [2.75, 3.05) is 0 Å². The van der Waals surface area contributed by atoms with Gasteiger partial charge in [0, 0.05) is 46.7 Å². The van der Waals surface area contributed by atoms with Gasteiger partial charge in [-0.15, -0.1) is 16.8 Å². The monoisotopic (exact) mass is 403 g/mol. The molecule has 0 aliphatic heterocycles. The first-order chi connectivity index (χ1) is 14.1. The number of nitrogens with zero attached hydrogens (tertiary/aromatic N) is 4. The average molecular weight is 404 g/mol. The number of aryl methyl sites for hydroxylation is 1. The number of fused-ring (bicyclic) bond motifs is 1. The van der Waals surface area contributed by atoms with Gasteiger partial charge in [0.25, 0.3) is 0 Å². The van der Waals surface area contributed by atoms with E-state index in [1.54, 1.807) is 18.5 Å². The lowest BCUT2D eigenvalue weighted by molar-refractivity contribution is 0.0995. The molecule has 0 aliphatic rings. The molecule has 0 amide bonds. The molecule has 1 aromatic carbocycles. The molecule has 146 valence electrons. The fourth-order valence-corrected chi connectivity index (χ4v) is 4.31. The van der Waals surface area contributed by atoms with Crippen LogP contribution in [0, 0.1) is 6.92 Å². The Morgan fingerprint density at radius 3 is 2.76 bits per heavy atom. The predicted octanol–water partition coefficient (Wildman–Crippen LogP) is 4.68. The average Bonchev–Trinajstić information content (AvgIpc) is 3.28. The lowest BCUT2D eigenvalue weighted by Crippen LogP contribution is -2.15. The number of ketones is 1. The highest BCUT2D eigenvalue weighted by molar-refractivity contribution is 8.00. The molecule has 3 aromatic heterocycles. The molecule has 4 rings (SSSR count). The zero-order chi connectivity index (χ0) is 20.4. The summed E-state index contributed by atoms with van der Waals surface area (Å²) in [6, 6.07) is 11.7. The number of H-pyrrole nitrogens is 1. The van der Waals surface area contributed by atoms with Crippen LogP contribution in [0.25, 0.3) is 22.3 Å². The summed E-state index contributed by atoms with van der Waals surface area (Å²) in [7, 11) is 0. The summed E-state index contributed by atoms with van der Waals surface area (Å²) in [6.07, 6.45) is 5.25. The minimum atomic E-state index is -0.314. The number of carbonyl (C=O) groups is 1. The number of hydrogen-bond donors (Lipinski definition) is 1. The van der Waals surface area contributed by atoms with Gasteiger partial charge in [0.05, 0.1) is 5.25 Å². The summed E-state index contributed by atoms with van der Waals surface area (Å²) in [6.45, 7) is 8.25. The first kappa shape index (κ1) is 19.1. The molecule has 1 N–H and O–H groups in total. The zero-order valence-corrected chi connectivity index (χ0v) is 17.1. The highest BCUT2D eigenvalue weighted by Crippen LogP contribution is 2.31. The van der Waals surface area contributed by atoms with Gasteiger partial charge in [-0.3, -0.25) is 14.3 Å². The Bertz CT molecular complexity index is 1180. The summed E-state index contributed by atoms with van der Waals surface area (Å²) in [4.78, 5) is 20.6. The van der Waals surface area contributed by atoms with E-state index in [9.17, 15) is 4.79 Å². The molecule has 0 unspecified atom stereocenters. The van der Waals surface area contributed by atoms with E-state index in [-0.39, 0.29) is 11.0 Å². The van der Waals surface area contributed by atoms with Gasteiger partial charge in [0.1, 0.15) is 0 Å². The Labute approximate surface area is 173 Å². The molecule has 0 aliphatic carbocycles. The molecular weight excluding hydrogens is 382 g/mol. The number of Topliss-reactive ketones (excluding diaryl/α,β-unsaturated/α-hetero) is 1. The van der Waals surface area contributed by atoms with Crippen LogP contribution >= 0.6 is 11.8 Å². The molecular formula is C22H21N5OS. The molecule has 6 nitrogen and oxygen atoms in total. The van der Waals surface area contributed by atoms with E-state index < -0.39 is 0 Å². The molecule has 0 bridgehead atoms. The number of pyridine rings is 1. The van der Waals surface area contributed by atoms with Crippen LogP contribution in [0.4, 0.5) is 0 Å². The number of nitrogens with one attached hydrogen (secondary N) is 1. The molecule has 0 radical (unpaired) electrons. The third kappa shape index (κ3) is 3.61. The largest absolute Gasteiger partial charge is 0.358 e. The predicted molar refractivity (Wildman–Crippen MR) is 116 cm³/mol. The minimum absolute atomic E-state index is 0.0727. The number of thioether (sulfide) groups is 1. The lowest BCUT2D eigenvalue weighted by atomic mass is 10.1. The third-order valence-corrected chi connectivity index (χ3v) is 5.84. The van der Waals surface area contributed by atoms with Crippen molar-refractivity contribution in [3.05, 3.63) is 72.7 Å². The molecule has 7 heteroatoms. The number of hydrogen-bond acceptors (Lipinski definition) is 5. The summed E-state index contributed by atoms with van der Waals surface area (Å²) in [5.74, 6) is 0.807. The fraction of sp³-hybridized carbons (Fsp3) is 0.182. The van der Waals surface area contributed by atoms with Gasteiger partial charge < -0.3 is 4.98 Å². The number of benzene rings is 1. The second-order valence-electron chi connectivity index (χ2n) is 6.74. The van der Waals surface area contributed by atoms with Gasteiger partial charge in [-0.1, -0.05) is 36.0 Å². The van der Waals surface area contributed by atoms with Gasteiger partial charge in [-0.05, 0) is 32.0 Å². The molecule has 0 fully saturated rings. The summed E-state index contributed by atoms with van der Waals surface area (Å²) >= 11 is 1.41. The molecule has 0 saturated carbocycles. The maximum absolute atomic E-state index is 13.3. The van der Waals surface area contributed by atoms with E-state index in [1.165, 1.54) is 11.8 Å². The summed E-state index contributed by atoms with van der Waals surface area (Å²) in [5, 5.41) is 10.0. The first-order valence-corrected chi connectivity index (χ1v) is 10.2. The van der Waals surface area contributed by atoms with E-state index in [2.05, 4.69) is 26.7 Å². The molecule has 4 aromatic rings. The van der Waals surface area contributed by atoms with Gasteiger partial charge in [0.15, 0.2) is 16.8 Å².